The molecule has 0 bridgehead atoms. The van der Waals surface area contributed by atoms with E-state index in [1.807, 2.05) is 47.4 Å². The van der Waals surface area contributed by atoms with Crippen molar-refractivity contribution < 1.29 is 9.84 Å². The summed E-state index contributed by atoms with van der Waals surface area (Å²) in [5.74, 6) is 1.02. The summed E-state index contributed by atoms with van der Waals surface area (Å²) in [6.45, 7) is 1.45. The number of aromatic nitrogens is 3. The van der Waals surface area contributed by atoms with E-state index < -0.39 is 0 Å². The molecule has 0 atom stereocenters. The molecule has 0 saturated carbocycles. The summed E-state index contributed by atoms with van der Waals surface area (Å²) >= 11 is 0. The van der Waals surface area contributed by atoms with Crippen LogP contribution in [0.4, 0.5) is 5.95 Å². The van der Waals surface area contributed by atoms with Crippen LogP contribution < -0.4 is 9.64 Å². The quantitative estimate of drug-likeness (QED) is 0.681. The van der Waals surface area contributed by atoms with E-state index in [1.165, 1.54) is 0 Å². The van der Waals surface area contributed by atoms with Crippen molar-refractivity contribution in [2.75, 3.05) is 18.1 Å². The smallest absolute Gasteiger partial charge is 0.228 e. The predicted molar refractivity (Wildman–Crippen MR) is 95.2 cm³/mol. The molecule has 0 saturated heterocycles. The maximum Gasteiger partial charge on any atom is 0.228 e. The zero-order valence-electron chi connectivity index (χ0n) is 13.8. The molecule has 1 N–H and O–H groups in total. The van der Waals surface area contributed by atoms with E-state index in [9.17, 15) is 5.11 Å². The van der Waals surface area contributed by atoms with Crippen molar-refractivity contribution >= 4 is 5.95 Å². The van der Waals surface area contributed by atoms with Gasteiger partial charge in [-0.05, 0) is 17.2 Å². The lowest BCUT2D eigenvalue weighted by Crippen LogP contribution is -2.28. The Morgan fingerprint density at radius 1 is 0.960 bits per heavy atom. The molecule has 0 unspecified atom stereocenters. The first-order valence-electron chi connectivity index (χ1n) is 8.09. The molecule has 2 heterocycles. The molecule has 2 aromatic heterocycles. The number of benzene rings is 1. The van der Waals surface area contributed by atoms with Gasteiger partial charge >= 0.3 is 0 Å². The van der Waals surface area contributed by atoms with E-state index in [0.717, 1.165) is 11.1 Å². The normalized spacial score (nSPS) is 10.4. The summed E-state index contributed by atoms with van der Waals surface area (Å²) < 4.78 is 5.76. The van der Waals surface area contributed by atoms with Crippen molar-refractivity contribution in [2.45, 2.75) is 13.2 Å². The average Bonchev–Trinajstić information content (AvgIpc) is 2.68. The Morgan fingerprint density at radius 2 is 1.80 bits per heavy atom. The number of nitrogens with zero attached hydrogens (tertiary/aromatic N) is 4. The Kier molecular flexibility index (Phi) is 5.90. The topological polar surface area (TPSA) is 71.4 Å². The average molecular weight is 336 g/mol. The predicted octanol–water partition coefficient (Wildman–Crippen LogP) is 2.45. The van der Waals surface area contributed by atoms with Crippen molar-refractivity contribution in [3.63, 3.8) is 0 Å². The number of pyridine rings is 1. The van der Waals surface area contributed by atoms with Gasteiger partial charge in [0.2, 0.25) is 11.8 Å². The van der Waals surface area contributed by atoms with Gasteiger partial charge in [0, 0.05) is 37.7 Å². The van der Waals surface area contributed by atoms with Gasteiger partial charge in [0.05, 0.1) is 6.61 Å². The van der Waals surface area contributed by atoms with Crippen LogP contribution in [0.15, 0.2) is 67.1 Å². The van der Waals surface area contributed by atoms with Crippen LogP contribution in [0, 0.1) is 0 Å². The Morgan fingerprint density at radius 3 is 2.56 bits per heavy atom. The first-order chi connectivity index (χ1) is 12.3. The summed E-state index contributed by atoms with van der Waals surface area (Å²) in [4.78, 5) is 14.8. The minimum atomic E-state index is 0.0126. The molecule has 6 heteroatoms. The van der Waals surface area contributed by atoms with Crippen LogP contribution in [0.2, 0.25) is 0 Å². The van der Waals surface area contributed by atoms with Crippen LogP contribution in [0.1, 0.15) is 11.1 Å². The summed E-state index contributed by atoms with van der Waals surface area (Å²) in [7, 11) is 0. The minimum absolute atomic E-state index is 0.0126. The van der Waals surface area contributed by atoms with E-state index in [-0.39, 0.29) is 6.61 Å². The molecule has 25 heavy (non-hydrogen) atoms. The van der Waals surface area contributed by atoms with Gasteiger partial charge in [-0.2, -0.15) is 4.98 Å². The fraction of sp³-hybridized carbons (Fsp3) is 0.211. The van der Waals surface area contributed by atoms with Crippen LogP contribution in [0.3, 0.4) is 0 Å². The first kappa shape index (κ1) is 16.9. The van der Waals surface area contributed by atoms with E-state index >= 15 is 0 Å². The number of aliphatic hydroxyl groups excluding tert-OH is 1. The third kappa shape index (κ3) is 4.99. The molecule has 1 aromatic carbocycles. The van der Waals surface area contributed by atoms with Gasteiger partial charge in [-0.25, -0.2) is 4.98 Å². The van der Waals surface area contributed by atoms with E-state index in [0.29, 0.717) is 31.5 Å². The number of ether oxygens (including phenoxy) is 1. The van der Waals surface area contributed by atoms with Gasteiger partial charge in [0.15, 0.2) is 0 Å². The van der Waals surface area contributed by atoms with E-state index in [4.69, 9.17) is 4.74 Å². The van der Waals surface area contributed by atoms with Gasteiger partial charge in [0.25, 0.3) is 0 Å². The van der Waals surface area contributed by atoms with Crippen LogP contribution in [-0.2, 0) is 13.2 Å². The van der Waals surface area contributed by atoms with Gasteiger partial charge in [-0.1, -0.05) is 36.4 Å². The summed E-state index contributed by atoms with van der Waals surface area (Å²) in [6, 6.07) is 15.5. The van der Waals surface area contributed by atoms with Crippen LogP contribution in [-0.4, -0.2) is 33.2 Å². The highest BCUT2D eigenvalue weighted by Gasteiger charge is 2.11. The second-order valence-electron chi connectivity index (χ2n) is 5.48. The van der Waals surface area contributed by atoms with Crippen molar-refractivity contribution in [3.8, 4) is 5.88 Å². The van der Waals surface area contributed by atoms with Crippen molar-refractivity contribution in [1.29, 1.82) is 0 Å². The molecule has 0 aliphatic heterocycles. The standard InChI is InChI=1S/C19H20N4O2/c24-12-11-23(14-17-7-4-9-20-13-17)19-21-10-8-18(22-19)25-15-16-5-2-1-3-6-16/h1-10,13,24H,11-12,14-15H2. The lowest BCUT2D eigenvalue weighted by atomic mass is 10.2. The van der Waals surface area contributed by atoms with E-state index in [1.54, 1.807) is 24.7 Å². The Bertz CT molecular complexity index is 769. The highest BCUT2D eigenvalue weighted by Crippen LogP contribution is 2.16. The molecule has 0 radical (unpaired) electrons. The van der Waals surface area contributed by atoms with Gasteiger partial charge < -0.3 is 14.7 Å². The van der Waals surface area contributed by atoms with Crippen LogP contribution in [0.25, 0.3) is 0 Å². The van der Waals surface area contributed by atoms with Gasteiger partial charge in [-0.15, -0.1) is 0 Å². The molecule has 0 spiro atoms. The molecule has 0 aliphatic rings. The number of aliphatic hydroxyl groups is 1. The lowest BCUT2D eigenvalue weighted by molar-refractivity contribution is 0.290. The first-order valence-corrected chi connectivity index (χ1v) is 8.09. The van der Waals surface area contributed by atoms with Crippen molar-refractivity contribution in [2.24, 2.45) is 0 Å². The van der Waals surface area contributed by atoms with Crippen LogP contribution in [0.5, 0.6) is 5.88 Å². The second-order valence-corrected chi connectivity index (χ2v) is 5.48. The molecule has 128 valence electrons. The third-order valence-corrected chi connectivity index (χ3v) is 3.60. The zero-order chi connectivity index (χ0) is 17.3. The highest BCUT2D eigenvalue weighted by molar-refractivity contribution is 5.33. The van der Waals surface area contributed by atoms with Crippen molar-refractivity contribution in [1.82, 2.24) is 15.0 Å². The Balaban J connectivity index is 1.71. The number of hydrogen-bond acceptors (Lipinski definition) is 6. The van der Waals surface area contributed by atoms with Crippen molar-refractivity contribution in [3.05, 3.63) is 78.2 Å². The maximum absolute atomic E-state index is 9.35. The molecule has 0 fully saturated rings. The summed E-state index contributed by atoms with van der Waals surface area (Å²) in [5, 5.41) is 9.35. The fourth-order valence-corrected chi connectivity index (χ4v) is 2.38. The van der Waals surface area contributed by atoms with Gasteiger partial charge in [0.1, 0.15) is 6.61 Å². The number of anilines is 1. The molecular formula is C19H20N4O2. The largest absolute Gasteiger partial charge is 0.473 e. The monoisotopic (exact) mass is 336 g/mol. The molecule has 0 aliphatic carbocycles. The SMILES string of the molecule is OCCN(Cc1cccnc1)c1nccc(OCc2ccccc2)n1. The summed E-state index contributed by atoms with van der Waals surface area (Å²) in [5.41, 5.74) is 2.10. The number of rotatable bonds is 8. The second kappa shape index (κ2) is 8.75. The van der Waals surface area contributed by atoms with Gasteiger partial charge in [-0.3, -0.25) is 4.98 Å². The Labute approximate surface area is 146 Å². The zero-order valence-corrected chi connectivity index (χ0v) is 13.8. The Hall–Kier alpha value is -2.99. The molecule has 6 nitrogen and oxygen atoms in total. The summed E-state index contributed by atoms with van der Waals surface area (Å²) in [6.07, 6.45) is 5.19. The minimum Gasteiger partial charge on any atom is -0.473 e. The maximum atomic E-state index is 9.35. The molecule has 0 amide bonds. The molecular weight excluding hydrogens is 316 g/mol. The third-order valence-electron chi connectivity index (χ3n) is 3.60. The fourth-order valence-electron chi connectivity index (χ4n) is 2.38. The lowest BCUT2D eigenvalue weighted by Gasteiger charge is -2.21. The highest BCUT2D eigenvalue weighted by atomic mass is 16.5. The van der Waals surface area contributed by atoms with E-state index in [2.05, 4.69) is 15.0 Å². The molecule has 3 rings (SSSR count). The molecule has 3 aromatic rings. The number of hydrogen-bond donors (Lipinski definition) is 1. The van der Waals surface area contributed by atoms with Crippen LogP contribution >= 0.6 is 0 Å².